The molecule has 7 aromatic carbocycles. The van der Waals surface area contributed by atoms with Gasteiger partial charge in [-0.2, -0.15) is 0 Å². The highest BCUT2D eigenvalue weighted by Crippen LogP contribution is 2.54. The molecule has 47 heavy (non-hydrogen) atoms. The lowest BCUT2D eigenvalue weighted by molar-refractivity contribution is 0.662. The lowest BCUT2D eigenvalue weighted by atomic mass is 9.78. The lowest BCUT2D eigenvalue weighted by Gasteiger charge is -2.29. The van der Waals surface area contributed by atoms with Crippen molar-refractivity contribution >= 4 is 38.9 Å². The summed E-state index contributed by atoms with van der Waals surface area (Å²) in [4.78, 5) is 2.43. The smallest absolute Gasteiger partial charge is 0.0542 e. The van der Waals surface area contributed by atoms with Gasteiger partial charge in [0.05, 0.1) is 11.0 Å². The Hall–Kier alpha value is -5.86. The predicted octanol–water partition coefficient (Wildman–Crippen LogP) is 12.2. The molecule has 0 saturated heterocycles. The molecule has 0 amide bonds. The van der Waals surface area contributed by atoms with Crippen LogP contribution in [0.15, 0.2) is 170 Å². The van der Waals surface area contributed by atoms with E-state index >= 15 is 0 Å². The molecular weight excluding hydrogens is 569 g/mol. The van der Waals surface area contributed by atoms with Gasteiger partial charge < -0.3 is 9.47 Å². The third kappa shape index (κ3) is 4.26. The minimum Gasteiger partial charge on any atom is -0.310 e. The molecule has 2 nitrogen and oxygen atoms in total. The zero-order valence-corrected chi connectivity index (χ0v) is 26.6. The monoisotopic (exact) mass is 602 g/mol. The van der Waals surface area contributed by atoms with Gasteiger partial charge in [0.15, 0.2) is 0 Å². The summed E-state index contributed by atoms with van der Waals surface area (Å²) in [7, 11) is 0. The third-order valence-electron chi connectivity index (χ3n) is 9.92. The molecule has 9 rings (SSSR count). The highest BCUT2D eigenvalue weighted by Gasteiger charge is 2.38. The van der Waals surface area contributed by atoms with Crippen LogP contribution >= 0.6 is 0 Å². The molecule has 1 aliphatic carbocycles. The summed E-state index contributed by atoms with van der Waals surface area (Å²) < 4.78 is 2.38. The Balaban J connectivity index is 1.33. The van der Waals surface area contributed by atoms with E-state index in [-0.39, 0.29) is 5.41 Å². The average molecular weight is 603 g/mol. The first-order valence-corrected chi connectivity index (χ1v) is 16.4. The highest BCUT2D eigenvalue weighted by atomic mass is 15.1. The molecule has 1 aliphatic rings. The third-order valence-corrected chi connectivity index (χ3v) is 9.92. The molecule has 224 valence electrons. The quantitative estimate of drug-likeness (QED) is 0.190. The fraction of sp³-hybridized carbons (Fsp3) is 0.0667. The topological polar surface area (TPSA) is 8.17 Å². The van der Waals surface area contributed by atoms with Crippen molar-refractivity contribution in [2.75, 3.05) is 4.90 Å². The van der Waals surface area contributed by atoms with Crippen LogP contribution in [-0.2, 0) is 5.41 Å². The van der Waals surface area contributed by atoms with E-state index in [9.17, 15) is 0 Å². The van der Waals surface area contributed by atoms with Crippen molar-refractivity contribution in [1.82, 2.24) is 4.57 Å². The van der Waals surface area contributed by atoms with Crippen molar-refractivity contribution in [2.24, 2.45) is 0 Å². The summed E-state index contributed by atoms with van der Waals surface area (Å²) in [6.45, 7) is 4.74. The molecule has 0 unspecified atom stereocenters. The number of aromatic nitrogens is 1. The molecule has 1 aromatic heterocycles. The van der Waals surface area contributed by atoms with E-state index in [0.29, 0.717) is 0 Å². The van der Waals surface area contributed by atoms with Gasteiger partial charge >= 0.3 is 0 Å². The molecule has 0 spiro atoms. The number of anilines is 3. The molecule has 0 radical (unpaired) electrons. The van der Waals surface area contributed by atoms with Crippen LogP contribution in [-0.4, -0.2) is 4.57 Å². The van der Waals surface area contributed by atoms with Gasteiger partial charge in [-0.15, -0.1) is 0 Å². The summed E-state index contributed by atoms with van der Waals surface area (Å²) in [6.07, 6.45) is 0. The molecule has 0 bridgehead atoms. The van der Waals surface area contributed by atoms with Crippen LogP contribution in [0.3, 0.4) is 0 Å². The molecule has 0 atom stereocenters. The van der Waals surface area contributed by atoms with Gasteiger partial charge in [-0.3, -0.25) is 0 Å². The standard InChI is InChI=1S/C45H34N2/c1-45(2)41-24-14-12-22-36(41)40-30-35(29-38(44(40)45)31-16-6-3-7-17-31)46(32-18-8-4-9-19-32)34-26-27-43-39(28-34)37-23-13-15-25-42(37)47(43)33-20-10-5-11-21-33/h3-30H,1-2H3. The largest absolute Gasteiger partial charge is 0.310 e. The lowest BCUT2D eigenvalue weighted by Crippen LogP contribution is -2.17. The second-order valence-electron chi connectivity index (χ2n) is 13.0. The maximum Gasteiger partial charge on any atom is 0.0542 e. The van der Waals surface area contributed by atoms with E-state index in [1.54, 1.807) is 0 Å². The van der Waals surface area contributed by atoms with Gasteiger partial charge in [0, 0.05) is 38.9 Å². The van der Waals surface area contributed by atoms with Crippen molar-refractivity contribution in [3.8, 4) is 27.9 Å². The fourth-order valence-electron chi connectivity index (χ4n) is 7.86. The molecule has 0 fully saturated rings. The van der Waals surface area contributed by atoms with Gasteiger partial charge in [0.2, 0.25) is 0 Å². The maximum atomic E-state index is 2.43. The number of rotatable bonds is 5. The zero-order valence-electron chi connectivity index (χ0n) is 26.6. The minimum atomic E-state index is -0.120. The van der Waals surface area contributed by atoms with Crippen LogP contribution in [0, 0.1) is 0 Å². The van der Waals surface area contributed by atoms with Gasteiger partial charge in [-0.1, -0.05) is 123 Å². The van der Waals surface area contributed by atoms with Gasteiger partial charge in [0.1, 0.15) is 0 Å². The molecule has 1 heterocycles. The first-order valence-electron chi connectivity index (χ1n) is 16.4. The van der Waals surface area contributed by atoms with Crippen LogP contribution in [0.5, 0.6) is 0 Å². The number of hydrogen-bond acceptors (Lipinski definition) is 1. The Morgan fingerprint density at radius 1 is 0.447 bits per heavy atom. The van der Waals surface area contributed by atoms with E-state index in [1.807, 2.05) is 0 Å². The number of nitrogens with zero attached hydrogens (tertiary/aromatic N) is 2. The van der Waals surface area contributed by atoms with Crippen molar-refractivity contribution in [2.45, 2.75) is 19.3 Å². The predicted molar refractivity (Wildman–Crippen MR) is 198 cm³/mol. The zero-order chi connectivity index (χ0) is 31.5. The Bertz CT molecular complexity index is 2420. The first kappa shape index (κ1) is 27.5. The SMILES string of the molecule is CC1(C)c2ccccc2-c2cc(N(c3ccccc3)c3ccc4c(c3)c3ccccc3n4-c3ccccc3)cc(-c3ccccc3)c21. The summed E-state index contributed by atoms with van der Waals surface area (Å²) in [5, 5.41) is 2.48. The minimum absolute atomic E-state index is 0.120. The molecule has 2 heteroatoms. The summed E-state index contributed by atoms with van der Waals surface area (Å²) >= 11 is 0. The van der Waals surface area contributed by atoms with Crippen molar-refractivity contribution in [1.29, 1.82) is 0 Å². The van der Waals surface area contributed by atoms with Crippen LogP contribution < -0.4 is 4.90 Å². The van der Waals surface area contributed by atoms with Crippen molar-refractivity contribution in [3.05, 3.63) is 181 Å². The highest BCUT2D eigenvalue weighted by molar-refractivity contribution is 6.10. The molecule has 0 N–H and O–H groups in total. The van der Waals surface area contributed by atoms with Crippen LogP contribution in [0.2, 0.25) is 0 Å². The molecule has 0 saturated carbocycles. The Kier molecular flexibility index (Phi) is 6.20. The molecular formula is C45H34N2. The van der Waals surface area contributed by atoms with Crippen molar-refractivity contribution < 1.29 is 0 Å². The van der Waals surface area contributed by atoms with Gasteiger partial charge in [-0.25, -0.2) is 0 Å². The van der Waals surface area contributed by atoms with E-state index < -0.39 is 0 Å². The van der Waals surface area contributed by atoms with Crippen molar-refractivity contribution in [3.63, 3.8) is 0 Å². The van der Waals surface area contributed by atoms with Crippen LogP contribution in [0.1, 0.15) is 25.0 Å². The van der Waals surface area contributed by atoms with Gasteiger partial charge in [-0.05, 0) is 94.0 Å². The Morgan fingerprint density at radius 3 is 1.85 bits per heavy atom. The molecule has 0 aliphatic heterocycles. The number of para-hydroxylation sites is 3. The summed E-state index contributed by atoms with van der Waals surface area (Å²) in [5.41, 5.74) is 14.8. The number of fused-ring (bicyclic) bond motifs is 6. The average Bonchev–Trinajstić information content (AvgIpc) is 3.58. The Labute approximate surface area is 275 Å². The maximum absolute atomic E-state index is 2.43. The summed E-state index contributed by atoms with van der Waals surface area (Å²) in [5.74, 6) is 0. The second-order valence-corrected chi connectivity index (χ2v) is 13.0. The van der Waals surface area contributed by atoms with E-state index in [1.165, 1.54) is 60.9 Å². The van der Waals surface area contributed by atoms with Crippen LogP contribution in [0.25, 0.3) is 49.7 Å². The second kappa shape index (κ2) is 10.6. The van der Waals surface area contributed by atoms with E-state index in [2.05, 4.69) is 193 Å². The first-order chi connectivity index (χ1) is 23.1. The Morgan fingerprint density at radius 2 is 1.06 bits per heavy atom. The number of benzene rings is 7. The van der Waals surface area contributed by atoms with E-state index in [0.717, 1.165) is 17.1 Å². The normalized spacial score (nSPS) is 13.1. The molecule has 8 aromatic rings. The van der Waals surface area contributed by atoms with E-state index in [4.69, 9.17) is 0 Å². The van der Waals surface area contributed by atoms with Crippen LogP contribution in [0.4, 0.5) is 17.1 Å². The summed E-state index contributed by atoms with van der Waals surface area (Å²) in [6, 6.07) is 61.8. The fourth-order valence-corrected chi connectivity index (χ4v) is 7.86. The number of hydrogen-bond donors (Lipinski definition) is 0. The van der Waals surface area contributed by atoms with Gasteiger partial charge in [0.25, 0.3) is 0 Å².